The highest BCUT2D eigenvalue weighted by atomic mass is 32.2. The second-order valence-electron chi connectivity index (χ2n) is 9.09. The van der Waals surface area contributed by atoms with Crippen LogP contribution in [-0.2, 0) is 10.0 Å². The molecular weight excluding hydrogens is 492 g/mol. The van der Waals surface area contributed by atoms with Crippen molar-refractivity contribution < 1.29 is 13.2 Å². The van der Waals surface area contributed by atoms with Gasteiger partial charge in [0.15, 0.2) is 0 Å². The summed E-state index contributed by atoms with van der Waals surface area (Å²) in [6.07, 6.45) is 8.38. The summed E-state index contributed by atoms with van der Waals surface area (Å²) in [5.41, 5.74) is 3.90. The van der Waals surface area contributed by atoms with Gasteiger partial charge in [0.25, 0.3) is 21.5 Å². The number of nitrogens with zero attached hydrogens (tertiary/aromatic N) is 3. The number of fused-ring (bicyclic) bond motifs is 6. The Morgan fingerprint density at radius 1 is 0.973 bits per heavy atom. The van der Waals surface area contributed by atoms with Gasteiger partial charge in [-0.2, -0.15) is 0 Å². The molecule has 0 spiro atoms. The van der Waals surface area contributed by atoms with Crippen LogP contribution in [0.1, 0.15) is 22.5 Å². The molecule has 3 aliphatic rings. The van der Waals surface area contributed by atoms with Gasteiger partial charge in [-0.15, -0.1) is 0 Å². The minimum Gasteiger partial charge on any atom is -0.351 e. The number of amides is 1. The number of anilines is 1. The topological polar surface area (TPSA) is 129 Å². The Hall–Kier alpha value is -4.22. The second-order valence-corrected chi connectivity index (χ2v) is 10.8. The minimum absolute atomic E-state index is 0.113. The third-order valence-electron chi connectivity index (χ3n) is 6.73. The number of hydrogen-bond acceptors (Lipinski definition) is 6. The molecule has 0 radical (unpaired) electrons. The zero-order valence-corrected chi connectivity index (χ0v) is 20.6. The molecule has 1 unspecified atom stereocenters. The van der Waals surface area contributed by atoms with Crippen LogP contribution in [-0.4, -0.2) is 59.8 Å². The lowest BCUT2D eigenvalue weighted by atomic mass is 10.0. The van der Waals surface area contributed by atoms with Gasteiger partial charge in [0.2, 0.25) is 0 Å². The molecule has 6 heterocycles. The van der Waals surface area contributed by atoms with Crippen molar-refractivity contribution in [1.82, 2.24) is 24.6 Å². The summed E-state index contributed by atoms with van der Waals surface area (Å²) < 4.78 is 30.7. The number of rotatable bonds is 0. The van der Waals surface area contributed by atoms with Crippen LogP contribution in [0.25, 0.3) is 22.3 Å². The fraction of sp³-hybridized carbons (Fsp3) is 0.192. The van der Waals surface area contributed by atoms with Crippen LogP contribution >= 0.6 is 0 Å². The Morgan fingerprint density at radius 3 is 2.70 bits per heavy atom. The number of aromatic nitrogens is 3. The van der Waals surface area contributed by atoms with E-state index in [1.54, 1.807) is 12.3 Å². The first kappa shape index (κ1) is 23.2. The highest BCUT2D eigenvalue weighted by Crippen LogP contribution is 2.27. The van der Waals surface area contributed by atoms with Gasteiger partial charge in [-0.1, -0.05) is 12.1 Å². The van der Waals surface area contributed by atoms with E-state index in [1.807, 2.05) is 28.9 Å². The second kappa shape index (κ2) is 9.02. The van der Waals surface area contributed by atoms with Crippen LogP contribution in [0.5, 0.6) is 0 Å². The van der Waals surface area contributed by atoms with Crippen molar-refractivity contribution in [2.24, 2.45) is 0 Å². The van der Waals surface area contributed by atoms with Gasteiger partial charge >= 0.3 is 0 Å². The highest BCUT2D eigenvalue weighted by Gasteiger charge is 2.20. The van der Waals surface area contributed by atoms with Crippen LogP contribution < -0.4 is 15.6 Å². The zero-order valence-electron chi connectivity index (χ0n) is 19.8. The van der Waals surface area contributed by atoms with E-state index in [1.165, 1.54) is 29.8 Å². The maximum Gasteiger partial charge on any atom is 0.272 e. The maximum atomic E-state index is 13.1. The minimum atomic E-state index is -4.13. The summed E-state index contributed by atoms with van der Waals surface area (Å²) >= 11 is 0. The number of sulfonamides is 1. The zero-order chi connectivity index (χ0) is 25.6. The number of pyridine rings is 2. The van der Waals surface area contributed by atoms with Gasteiger partial charge in [-0.3, -0.25) is 23.6 Å². The Labute approximate surface area is 212 Å². The first-order valence-corrected chi connectivity index (χ1v) is 13.4. The summed E-state index contributed by atoms with van der Waals surface area (Å²) in [6, 6.07) is 11.0. The van der Waals surface area contributed by atoms with E-state index in [2.05, 4.69) is 31.0 Å². The Balaban J connectivity index is 1.48. The van der Waals surface area contributed by atoms with E-state index in [9.17, 15) is 18.0 Å². The fourth-order valence-electron chi connectivity index (χ4n) is 4.70. The van der Waals surface area contributed by atoms with Crippen LogP contribution in [0.3, 0.4) is 0 Å². The largest absolute Gasteiger partial charge is 0.351 e. The summed E-state index contributed by atoms with van der Waals surface area (Å²) in [7, 11) is -4.13. The van der Waals surface area contributed by atoms with Crippen LogP contribution in [0.2, 0.25) is 0 Å². The van der Waals surface area contributed by atoms with Crippen molar-refractivity contribution >= 4 is 32.8 Å². The number of aromatic amines is 1. The summed E-state index contributed by atoms with van der Waals surface area (Å²) in [5.74, 6) is -0.361. The molecule has 188 valence electrons. The van der Waals surface area contributed by atoms with Crippen molar-refractivity contribution in [3.63, 3.8) is 0 Å². The van der Waals surface area contributed by atoms with E-state index in [-0.39, 0.29) is 22.1 Å². The fourth-order valence-corrected chi connectivity index (χ4v) is 5.80. The number of carbonyl (C=O) groups excluding carboxylic acids is 1. The van der Waals surface area contributed by atoms with E-state index in [0.29, 0.717) is 18.7 Å². The van der Waals surface area contributed by atoms with Crippen molar-refractivity contribution in [3.05, 3.63) is 88.7 Å². The SMILES string of the molecule is O=C1NCCN2CC=C(CC2)c2cnc3ccc(cn23)-c2c[nH]c(=O)c(c2)NS(=O)(=O)c2cccc1c2. The normalized spacial score (nSPS) is 19.2. The van der Waals surface area contributed by atoms with Gasteiger partial charge in [-0.25, -0.2) is 13.4 Å². The molecule has 11 heteroatoms. The Kier molecular flexibility index (Phi) is 5.65. The van der Waals surface area contributed by atoms with Gasteiger partial charge in [0, 0.05) is 55.3 Å². The molecule has 7 rings (SSSR count). The highest BCUT2D eigenvalue weighted by molar-refractivity contribution is 7.92. The van der Waals surface area contributed by atoms with Gasteiger partial charge in [-0.05, 0) is 48.4 Å². The quantitative estimate of drug-likeness (QED) is 0.329. The molecule has 4 aromatic rings. The predicted octanol–water partition coefficient (Wildman–Crippen LogP) is 2.32. The van der Waals surface area contributed by atoms with Gasteiger partial charge in [0.1, 0.15) is 11.3 Å². The number of hydrogen-bond donors (Lipinski definition) is 3. The van der Waals surface area contributed by atoms with E-state index in [4.69, 9.17) is 0 Å². The molecule has 8 bridgehead atoms. The molecule has 0 fully saturated rings. The van der Waals surface area contributed by atoms with Crippen LogP contribution in [0.4, 0.5) is 5.69 Å². The Bertz CT molecular complexity index is 1740. The molecule has 3 aromatic heterocycles. The van der Waals surface area contributed by atoms with Crippen molar-refractivity contribution in [2.75, 3.05) is 30.9 Å². The summed E-state index contributed by atoms with van der Waals surface area (Å²) in [5, 5.41) is 2.87. The van der Waals surface area contributed by atoms with E-state index < -0.39 is 15.6 Å². The smallest absolute Gasteiger partial charge is 0.272 e. The predicted molar refractivity (Wildman–Crippen MR) is 140 cm³/mol. The maximum absolute atomic E-state index is 13.1. The number of nitrogens with one attached hydrogen (secondary N) is 3. The van der Waals surface area contributed by atoms with Gasteiger partial charge < -0.3 is 10.3 Å². The number of carbonyl (C=O) groups is 1. The molecule has 1 amide bonds. The molecule has 1 aromatic carbocycles. The summed E-state index contributed by atoms with van der Waals surface area (Å²) in [6.45, 7) is 2.69. The molecule has 10 nitrogen and oxygen atoms in total. The molecule has 3 N–H and O–H groups in total. The number of H-pyrrole nitrogens is 1. The Morgan fingerprint density at radius 2 is 1.86 bits per heavy atom. The lowest BCUT2D eigenvalue weighted by Gasteiger charge is -2.26. The molecule has 0 aliphatic carbocycles. The van der Waals surface area contributed by atoms with Crippen molar-refractivity contribution in [2.45, 2.75) is 11.3 Å². The molecular formula is C26H24N6O4S. The molecule has 0 saturated heterocycles. The van der Waals surface area contributed by atoms with Crippen molar-refractivity contribution in [3.8, 4) is 11.1 Å². The first-order chi connectivity index (χ1) is 17.9. The van der Waals surface area contributed by atoms with Gasteiger partial charge in [0.05, 0.1) is 16.8 Å². The van der Waals surface area contributed by atoms with Crippen LogP contribution in [0.15, 0.2) is 76.8 Å². The van der Waals surface area contributed by atoms with E-state index in [0.717, 1.165) is 36.4 Å². The average molecular weight is 517 g/mol. The molecule has 3 aliphatic heterocycles. The standard InChI is InChI=1S/C26H24N6O4S/c33-25-18-2-1-3-21(12-18)37(35,36)30-22-13-20(14-29-26(22)34)19-4-5-24-28-15-23(32(24)16-19)17-6-9-31(10-7-17)11-8-27-25/h1-6,12-16,30H,7-11H2,(H,27,33)(H,29,34). The number of benzene rings is 1. The first-order valence-electron chi connectivity index (χ1n) is 11.9. The van der Waals surface area contributed by atoms with E-state index >= 15 is 0 Å². The molecule has 1 atom stereocenters. The lowest BCUT2D eigenvalue weighted by Crippen LogP contribution is -2.37. The van der Waals surface area contributed by atoms with Crippen molar-refractivity contribution in [1.29, 1.82) is 0 Å². The molecule has 37 heavy (non-hydrogen) atoms. The molecule has 0 saturated carbocycles. The summed E-state index contributed by atoms with van der Waals surface area (Å²) in [4.78, 5) is 34.6. The average Bonchev–Trinajstić information content (AvgIpc) is 3.33. The third-order valence-corrected chi connectivity index (χ3v) is 8.09. The number of imidazole rings is 1. The van der Waals surface area contributed by atoms with Crippen LogP contribution in [0, 0.1) is 0 Å². The monoisotopic (exact) mass is 516 g/mol. The third kappa shape index (κ3) is 4.43. The lowest BCUT2D eigenvalue weighted by molar-refractivity contribution is 0.0948.